The van der Waals surface area contributed by atoms with Crippen LogP contribution in [0.25, 0.3) is 0 Å². The van der Waals surface area contributed by atoms with Gasteiger partial charge >= 0.3 is 5.97 Å². The number of fused-ring (bicyclic) bond motifs is 2. The number of carbonyl (C=O) groups excluding carboxylic acids is 2. The van der Waals surface area contributed by atoms with Crippen molar-refractivity contribution in [3.05, 3.63) is 35.9 Å². The molecule has 9 atom stereocenters. The molecule has 0 spiro atoms. The number of esters is 1. The lowest BCUT2D eigenvalue weighted by atomic mass is 9.80. The van der Waals surface area contributed by atoms with Gasteiger partial charge in [0.15, 0.2) is 0 Å². The number of nitriles is 1. The fourth-order valence-electron chi connectivity index (χ4n) is 8.28. The molecule has 3 heterocycles. The van der Waals surface area contributed by atoms with E-state index in [4.69, 9.17) is 32.8 Å². The zero-order valence-electron chi connectivity index (χ0n) is 29.6. The van der Waals surface area contributed by atoms with Crippen molar-refractivity contribution in [1.82, 2.24) is 0 Å². The van der Waals surface area contributed by atoms with E-state index in [1.165, 1.54) is 0 Å². The van der Waals surface area contributed by atoms with Gasteiger partial charge in [0.25, 0.3) is 0 Å². The first-order chi connectivity index (χ1) is 22.3. The summed E-state index contributed by atoms with van der Waals surface area (Å²) < 4.78 is 44.7. The van der Waals surface area contributed by atoms with Crippen LogP contribution in [-0.4, -0.2) is 95.3 Å². The molecule has 3 saturated heterocycles. The predicted molar refractivity (Wildman–Crippen MR) is 179 cm³/mol. The van der Waals surface area contributed by atoms with Gasteiger partial charge in [-0.1, -0.05) is 59.7 Å². The summed E-state index contributed by atoms with van der Waals surface area (Å²) in [5, 5.41) is 10.1. The van der Waals surface area contributed by atoms with Crippen LogP contribution in [0.15, 0.2) is 30.3 Å². The molecule has 0 aliphatic carbocycles. The second-order valence-electron chi connectivity index (χ2n) is 14.5. The first-order valence-corrected chi connectivity index (χ1v) is 19.3. The van der Waals surface area contributed by atoms with Crippen molar-refractivity contribution in [3.63, 3.8) is 0 Å². The molecule has 0 saturated carbocycles. The summed E-state index contributed by atoms with van der Waals surface area (Å²) in [4.78, 5) is 27.2. The molecule has 3 fully saturated rings. The third-order valence-electron chi connectivity index (χ3n) is 10.6. The molecule has 0 radical (unpaired) electrons. The molecule has 4 rings (SSSR count). The lowest BCUT2D eigenvalue weighted by Crippen LogP contribution is -2.66. The largest absolute Gasteiger partial charge is 0.455 e. The summed E-state index contributed by atoms with van der Waals surface area (Å²) in [6.45, 7) is 15.4. The first kappa shape index (κ1) is 37.6. The number of ketones is 1. The van der Waals surface area contributed by atoms with Gasteiger partial charge in [-0.15, -0.1) is 0 Å². The molecule has 11 heteroatoms. The van der Waals surface area contributed by atoms with Crippen LogP contribution in [-0.2, 0) is 37.6 Å². The lowest BCUT2D eigenvalue weighted by Gasteiger charge is -2.54. The monoisotopic (exact) mass is 673 g/mol. The standard InChI is InChI=1S/C36H55NO9Si/c1-22(2)47(23(3)4,24(5)6)46-33(15-16-37)36(7)34(44-35(39)25-13-11-10-12-14-25)20-30-31(45-36)18-26(38)17-28-29(42-30)19-27(41-9)32(43-28)21-40-8/h10-14,22-24,27-34H,15,17-21H2,1-9H3/t27-,28-,29+,30-,31+,32+,33+,34+,36-/m0/s1. The van der Waals surface area contributed by atoms with Gasteiger partial charge in [-0.05, 0) is 35.7 Å². The normalized spacial score (nSPS) is 32.2. The van der Waals surface area contributed by atoms with Gasteiger partial charge in [0.1, 0.15) is 23.6 Å². The van der Waals surface area contributed by atoms with Crippen LogP contribution < -0.4 is 0 Å². The third kappa shape index (κ3) is 8.01. The molecule has 262 valence electrons. The number of benzene rings is 1. The van der Waals surface area contributed by atoms with Crippen molar-refractivity contribution in [3.8, 4) is 6.07 Å². The Morgan fingerprint density at radius 2 is 1.57 bits per heavy atom. The van der Waals surface area contributed by atoms with Gasteiger partial charge < -0.3 is 32.8 Å². The van der Waals surface area contributed by atoms with E-state index in [1.807, 2.05) is 13.0 Å². The average Bonchev–Trinajstić information content (AvgIpc) is 3.01. The van der Waals surface area contributed by atoms with Crippen LogP contribution in [0.3, 0.4) is 0 Å². The number of ether oxygens (including phenoxy) is 6. The Balaban J connectivity index is 1.73. The number of rotatable bonds is 12. The zero-order chi connectivity index (χ0) is 34.5. The van der Waals surface area contributed by atoms with Gasteiger partial charge in [-0.2, -0.15) is 5.26 Å². The molecule has 10 nitrogen and oxygen atoms in total. The molecule has 3 aliphatic heterocycles. The minimum absolute atomic E-state index is 0.000397. The molecule has 47 heavy (non-hydrogen) atoms. The summed E-state index contributed by atoms with van der Waals surface area (Å²) in [5.41, 5.74) is -0.0774. The van der Waals surface area contributed by atoms with Crippen LogP contribution >= 0.6 is 0 Å². The zero-order valence-corrected chi connectivity index (χ0v) is 30.6. The third-order valence-corrected chi connectivity index (χ3v) is 16.7. The molecule has 0 bridgehead atoms. The van der Waals surface area contributed by atoms with E-state index in [0.717, 1.165) is 0 Å². The number of nitrogens with zero attached hydrogens (tertiary/aromatic N) is 1. The molecule has 1 aromatic carbocycles. The van der Waals surface area contributed by atoms with Gasteiger partial charge in [0, 0.05) is 39.9 Å². The van der Waals surface area contributed by atoms with E-state index in [2.05, 4.69) is 47.6 Å². The highest BCUT2D eigenvalue weighted by Gasteiger charge is 2.58. The second-order valence-corrected chi connectivity index (χ2v) is 19.9. The molecule has 0 aromatic heterocycles. The Morgan fingerprint density at radius 3 is 2.15 bits per heavy atom. The van der Waals surface area contributed by atoms with E-state index >= 15 is 0 Å². The minimum Gasteiger partial charge on any atom is -0.455 e. The molecular weight excluding hydrogens is 618 g/mol. The SMILES string of the molecule is COC[C@H]1O[C@H]2CC(=O)C[C@H]3O[C@@](C)([C@@H](CC#N)O[Si](C(C)C)(C(C)C)C(C)C)[C@H](OC(=O)c4ccccc4)C[C@@H]3O[C@@H]2C[C@@H]1OC. The number of carbonyl (C=O) groups is 2. The minimum atomic E-state index is -2.53. The summed E-state index contributed by atoms with van der Waals surface area (Å²) in [5.74, 6) is -0.497. The maximum atomic E-state index is 13.6. The summed E-state index contributed by atoms with van der Waals surface area (Å²) >= 11 is 0. The summed E-state index contributed by atoms with van der Waals surface area (Å²) in [7, 11) is 0.715. The second kappa shape index (κ2) is 16.0. The van der Waals surface area contributed by atoms with Crippen molar-refractivity contribution < 1.29 is 42.4 Å². The maximum Gasteiger partial charge on any atom is 0.338 e. The Bertz CT molecular complexity index is 1210. The quantitative estimate of drug-likeness (QED) is 0.188. The van der Waals surface area contributed by atoms with Gasteiger partial charge in [0.2, 0.25) is 8.32 Å². The summed E-state index contributed by atoms with van der Waals surface area (Å²) in [6, 6.07) is 11.2. The van der Waals surface area contributed by atoms with Gasteiger partial charge in [-0.3, -0.25) is 4.79 Å². The van der Waals surface area contributed by atoms with E-state index < -0.39 is 56.5 Å². The van der Waals surface area contributed by atoms with Crippen molar-refractivity contribution >= 4 is 20.1 Å². The Kier molecular flexibility index (Phi) is 12.8. The molecule has 3 aliphatic rings. The fourth-order valence-corrected chi connectivity index (χ4v) is 13.9. The highest BCUT2D eigenvalue weighted by atomic mass is 28.4. The van der Waals surface area contributed by atoms with Crippen molar-refractivity contribution in [2.45, 2.75) is 152 Å². The van der Waals surface area contributed by atoms with Crippen LogP contribution in [0.5, 0.6) is 0 Å². The predicted octanol–water partition coefficient (Wildman–Crippen LogP) is 6.17. The van der Waals surface area contributed by atoms with Crippen molar-refractivity contribution in [2.75, 3.05) is 20.8 Å². The van der Waals surface area contributed by atoms with Crippen LogP contribution in [0.1, 0.15) is 90.9 Å². The van der Waals surface area contributed by atoms with E-state index in [1.54, 1.807) is 38.5 Å². The maximum absolute atomic E-state index is 13.6. The number of methoxy groups -OCH3 is 2. The number of hydrogen-bond donors (Lipinski definition) is 0. The van der Waals surface area contributed by atoms with Gasteiger partial charge in [0.05, 0.1) is 61.3 Å². The van der Waals surface area contributed by atoms with Crippen LogP contribution in [0.4, 0.5) is 0 Å². The summed E-state index contributed by atoms with van der Waals surface area (Å²) in [6.07, 6.45) is -3.12. The highest BCUT2D eigenvalue weighted by molar-refractivity contribution is 6.77. The molecule has 0 unspecified atom stereocenters. The highest BCUT2D eigenvalue weighted by Crippen LogP contribution is 2.48. The average molecular weight is 674 g/mol. The van der Waals surface area contributed by atoms with Crippen LogP contribution in [0.2, 0.25) is 16.6 Å². The Labute approximate surface area is 281 Å². The van der Waals surface area contributed by atoms with E-state index in [0.29, 0.717) is 18.6 Å². The molecule has 0 amide bonds. The molecule has 1 aromatic rings. The number of Topliss-reactive ketones (excluding diaryl/α,β-unsaturated/α-hetero) is 1. The van der Waals surface area contributed by atoms with E-state index in [-0.39, 0.29) is 60.3 Å². The smallest absolute Gasteiger partial charge is 0.338 e. The van der Waals surface area contributed by atoms with Crippen molar-refractivity contribution in [2.24, 2.45) is 0 Å². The first-order valence-electron chi connectivity index (χ1n) is 17.1. The van der Waals surface area contributed by atoms with Gasteiger partial charge in [-0.25, -0.2) is 4.79 Å². The molecule has 0 N–H and O–H groups in total. The topological polar surface area (TPSA) is 123 Å². The Hall–Kier alpha value is -2.17. The lowest BCUT2D eigenvalue weighted by molar-refractivity contribution is -0.283. The number of hydrogen-bond acceptors (Lipinski definition) is 10. The van der Waals surface area contributed by atoms with Crippen LogP contribution in [0, 0.1) is 11.3 Å². The fraction of sp³-hybridized carbons (Fsp3) is 0.750. The Morgan fingerprint density at radius 1 is 0.957 bits per heavy atom. The van der Waals surface area contributed by atoms with E-state index in [9.17, 15) is 14.9 Å². The van der Waals surface area contributed by atoms with Crippen molar-refractivity contribution in [1.29, 1.82) is 5.26 Å². The molecular formula is C36H55NO9Si.